The van der Waals surface area contributed by atoms with Crippen molar-refractivity contribution in [3.63, 3.8) is 0 Å². The topological polar surface area (TPSA) is 163 Å². The summed E-state index contributed by atoms with van der Waals surface area (Å²) in [6.07, 6.45) is 5.39. The number of alkyl carbamates (subject to hydrolysis) is 1. The SMILES string of the molecule is CCC[C@H](CC(=O)OC(C)(C)C)C(=O)N1CCCC1c1nc2ccc(C#Cc3ccc4nc([C@@H]5CCCN5C(=O)[C@H](CCC)NC(=O)OC(C)(C)C)[nH]c4c3)cc2[nH]1. The van der Waals surface area contributed by atoms with Crippen molar-refractivity contribution in [3.05, 3.63) is 59.2 Å². The van der Waals surface area contributed by atoms with Crippen molar-refractivity contribution in [3.8, 4) is 11.8 Å². The van der Waals surface area contributed by atoms with Crippen LogP contribution < -0.4 is 5.32 Å². The van der Waals surface area contributed by atoms with E-state index < -0.39 is 29.3 Å². The number of aromatic amines is 2. The number of likely N-dealkylation sites (tertiary alicyclic amines) is 2. The smallest absolute Gasteiger partial charge is 0.408 e. The van der Waals surface area contributed by atoms with Crippen LogP contribution in [0, 0.1) is 17.8 Å². The number of nitrogens with one attached hydrogen (secondary N) is 3. The largest absolute Gasteiger partial charge is 0.460 e. The highest BCUT2D eigenvalue weighted by molar-refractivity contribution is 5.87. The molecule has 0 aliphatic carbocycles. The predicted molar refractivity (Wildman–Crippen MR) is 222 cm³/mol. The summed E-state index contributed by atoms with van der Waals surface area (Å²) in [5.74, 6) is 7.09. The van der Waals surface area contributed by atoms with E-state index in [1.54, 1.807) is 20.8 Å². The van der Waals surface area contributed by atoms with Crippen LogP contribution in [-0.4, -0.2) is 83.9 Å². The third-order valence-electron chi connectivity index (χ3n) is 10.4. The molecule has 3 N–H and O–H groups in total. The van der Waals surface area contributed by atoms with Crippen LogP contribution in [-0.2, 0) is 23.9 Å². The molecule has 2 aliphatic heterocycles. The zero-order valence-electron chi connectivity index (χ0n) is 35.3. The second-order valence-corrected chi connectivity index (χ2v) is 17.6. The highest BCUT2D eigenvalue weighted by atomic mass is 16.6. The van der Waals surface area contributed by atoms with Gasteiger partial charge in [0.2, 0.25) is 11.8 Å². The Labute approximate surface area is 341 Å². The summed E-state index contributed by atoms with van der Waals surface area (Å²) >= 11 is 0. The predicted octanol–water partition coefficient (Wildman–Crippen LogP) is 8.01. The van der Waals surface area contributed by atoms with Gasteiger partial charge in [0.05, 0.1) is 40.6 Å². The zero-order valence-corrected chi connectivity index (χ0v) is 35.3. The number of esters is 1. The summed E-state index contributed by atoms with van der Waals surface area (Å²) in [5.41, 5.74) is 3.61. The number of amides is 3. The summed E-state index contributed by atoms with van der Waals surface area (Å²) in [7, 11) is 0. The number of ether oxygens (including phenoxy) is 2. The third-order valence-corrected chi connectivity index (χ3v) is 10.4. The molecular formula is C45H59N7O6. The Hall–Kier alpha value is -5.38. The van der Waals surface area contributed by atoms with Gasteiger partial charge >= 0.3 is 12.1 Å². The molecule has 2 aromatic carbocycles. The molecule has 4 heterocycles. The van der Waals surface area contributed by atoms with Gasteiger partial charge in [-0.25, -0.2) is 14.8 Å². The lowest BCUT2D eigenvalue weighted by molar-refractivity contribution is -0.158. The van der Waals surface area contributed by atoms with Crippen molar-refractivity contribution >= 4 is 45.9 Å². The number of nitrogens with zero attached hydrogens (tertiary/aromatic N) is 4. The van der Waals surface area contributed by atoms with Crippen molar-refractivity contribution < 1.29 is 28.7 Å². The number of carbonyl (C=O) groups is 4. The standard InChI is InChI=1S/C45H59N7O6/c1-9-13-30(27-38(53)57-44(3,4)5)41(54)51-23-11-15-36(51)39-46-31-21-19-28(25-34(31)48-39)17-18-29-20-22-32-35(26-29)49-40(47-32)37-16-12-24-52(37)42(55)33(14-10-2)50-43(56)58-45(6,7)8/h19-22,25-26,30,33,36-37H,9-16,23-24,27H2,1-8H3,(H,46,48)(H,47,49)(H,50,56)/t30-,33+,36?,37+/m1/s1. The molecule has 6 rings (SSSR count). The lowest BCUT2D eigenvalue weighted by atomic mass is 9.97. The van der Waals surface area contributed by atoms with Gasteiger partial charge in [-0.1, -0.05) is 38.5 Å². The quantitative estimate of drug-likeness (QED) is 0.102. The fraction of sp³-hybridized carbons (Fsp3) is 0.556. The Bertz CT molecular complexity index is 2050. The van der Waals surface area contributed by atoms with Gasteiger partial charge in [0.1, 0.15) is 28.9 Å². The Morgan fingerprint density at radius 3 is 1.74 bits per heavy atom. The Kier molecular flexibility index (Phi) is 12.8. The minimum atomic E-state index is -0.679. The molecule has 13 nitrogen and oxygen atoms in total. The van der Waals surface area contributed by atoms with Gasteiger partial charge in [-0.2, -0.15) is 0 Å². The Morgan fingerprint density at radius 2 is 1.26 bits per heavy atom. The molecule has 2 fully saturated rings. The van der Waals surface area contributed by atoms with Crippen LogP contribution in [0.1, 0.15) is 148 Å². The normalized spacial score (nSPS) is 18.2. The van der Waals surface area contributed by atoms with Crippen LogP contribution in [0.4, 0.5) is 4.79 Å². The number of carbonyl (C=O) groups excluding carboxylic acids is 4. The molecule has 2 aromatic heterocycles. The maximum absolute atomic E-state index is 13.8. The summed E-state index contributed by atoms with van der Waals surface area (Å²) < 4.78 is 11.0. The average Bonchev–Trinajstić information content (AvgIpc) is 3.96. The molecule has 13 heteroatoms. The van der Waals surface area contributed by atoms with Crippen molar-refractivity contribution in [1.29, 1.82) is 0 Å². The maximum atomic E-state index is 13.8. The number of aromatic nitrogens is 4. The van der Waals surface area contributed by atoms with Crippen LogP contribution >= 0.6 is 0 Å². The van der Waals surface area contributed by atoms with Crippen LogP contribution in [0.5, 0.6) is 0 Å². The molecule has 3 amide bonds. The van der Waals surface area contributed by atoms with E-state index in [9.17, 15) is 19.2 Å². The lowest BCUT2D eigenvalue weighted by Crippen LogP contribution is -2.49. The average molecular weight is 794 g/mol. The van der Waals surface area contributed by atoms with E-state index in [1.165, 1.54) is 0 Å². The number of hydrogen-bond acceptors (Lipinski definition) is 8. The monoisotopic (exact) mass is 793 g/mol. The van der Waals surface area contributed by atoms with Crippen LogP contribution in [0.3, 0.4) is 0 Å². The van der Waals surface area contributed by atoms with Gasteiger partial charge < -0.3 is 34.6 Å². The molecule has 2 aliphatic rings. The molecule has 1 unspecified atom stereocenters. The van der Waals surface area contributed by atoms with Crippen LogP contribution in [0.25, 0.3) is 22.1 Å². The van der Waals surface area contributed by atoms with Crippen LogP contribution in [0.2, 0.25) is 0 Å². The first-order valence-corrected chi connectivity index (χ1v) is 20.9. The van der Waals surface area contributed by atoms with Gasteiger partial charge in [0, 0.05) is 30.1 Å². The molecule has 4 aromatic rings. The van der Waals surface area contributed by atoms with E-state index in [2.05, 4.69) is 27.1 Å². The fourth-order valence-corrected chi connectivity index (χ4v) is 7.98. The van der Waals surface area contributed by atoms with E-state index in [0.717, 1.165) is 77.5 Å². The van der Waals surface area contributed by atoms with Gasteiger partial charge in [0.25, 0.3) is 0 Å². The second-order valence-electron chi connectivity index (χ2n) is 17.6. The highest BCUT2D eigenvalue weighted by Gasteiger charge is 2.38. The Balaban J connectivity index is 1.14. The van der Waals surface area contributed by atoms with Crippen molar-refractivity contribution in [2.75, 3.05) is 13.1 Å². The fourth-order valence-electron chi connectivity index (χ4n) is 7.98. The maximum Gasteiger partial charge on any atom is 0.408 e. The summed E-state index contributed by atoms with van der Waals surface area (Å²) in [5, 5.41) is 2.80. The number of fused-ring (bicyclic) bond motifs is 2. The van der Waals surface area contributed by atoms with Gasteiger partial charge in [-0.05, 0) is 116 Å². The molecular weight excluding hydrogens is 735 g/mol. The van der Waals surface area contributed by atoms with E-state index in [4.69, 9.17) is 19.4 Å². The first-order valence-electron chi connectivity index (χ1n) is 20.9. The number of H-pyrrole nitrogens is 2. The Morgan fingerprint density at radius 1 is 0.759 bits per heavy atom. The molecule has 0 radical (unpaired) electrons. The highest BCUT2D eigenvalue weighted by Crippen LogP contribution is 2.35. The van der Waals surface area contributed by atoms with Crippen molar-refractivity contribution in [2.45, 2.75) is 143 Å². The van der Waals surface area contributed by atoms with E-state index in [0.29, 0.717) is 31.8 Å². The molecule has 0 bridgehead atoms. The molecule has 4 atom stereocenters. The van der Waals surface area contributed by atoms with Crippen molar-refractivity contribution in [1.82, 2.24) is 35.1 Å². The summed E-state index contributed by atoms with van der Waals surface area (Å²) in [6.45, 7) is 16.1. The molecule has 0 spiro atoms. The molecule has 2 saturated heterocycles. The number of imidazole rings is 2. The van der Waals surface area contributed by atoms with Gasteiger partial charge in [-0.3, -0.25) is 14.4 Å². The lowest BCUT2D eigenvalue weighted by Gasteiger charge is -2.29. The number of rotatable bonds is 11. The van der Waals surface area contributed by atoms with Crippen LogP contribution in [0.15, 0.2) is 36.4 Å². The third kappa shape index (κ3) is 10.4. The number of benzene rings is 2. The minimum absolute atomic E-state index is 0.0224. The van der Waals surface area contributed by atoms with Gasteiger partial charge in [-0.15, -0.1) is 0 Å². The first-order chi connectivity index (χ1) is 27.5. The summed E-state index contributed by atoms with van der Waals surface area (Å²) in [6, 6.07) is 10.6. The molecule has 58 heavy (non-hydrogen) atoms. The number of hydrogen-bond donors (Lipinski definition) is 3. The first kappa shape index (κ1) is 42.2. The molecule has 310 valence electrons. The summed E-state index contributed by atoms with van der Waals surface area (Å²) in [4.78, 5) is 73.2. The zero-order chi connectivity index (χ0) is 41.8. The van der Waals surface area contributed by atoms with Gasteiger partial charge in [0.15, 0.2) is 0 Å². The van der Waals surface area contributed by atoms with Crippen molar-refractivity contribution in [2.24, 2.45) is 5.92 Å². The second kappa shape index (κ2) is 17.6. The van der Waals surface area contributed by atoms with E-state index in [-0.39, 0.29) is 36.3 Å². The van der Waals surface area contributed by atoms with E-state index in [1.807, 2.05) is 80.8 Å². The minimum Gasteiger partial charge on any atom is -0.460 e. The van der Waals surface area contributed by atoms with E-state index >= 15 is 0 Å². The molecule has 0 saturated carbocycles.